The highest BCUT2D eigenvalue weighted by molar-refractivity contribution is 6.31. The zero-order valence-corrected chi connectivity index (χ0v) is 23.0. The third-order valence-electron chi connectivity index (χ3n) is 7.29. The average Bonchev–Trinajstić information content (AvgIpc) is 3.37. The van der Waals surface area contributed by atoms with E-state index < -0.39 is 18.5 Å². The molecular formula is C32H25Cl2N3O3. The van der Waals surface area contributed by atoms with Crippen LogP contribution >= 0.6 is 23.2 Å². The van der Waals surface area contributed by atoms with Gasteiger partial charge in [-0.3, -0.25) is 4.79 Å². The van der Waals surface area contributed by atoms with E-state index in [1.54, 1.807) is 6.07 Å². The van der Waals surface area contributed by atoms with Gasteiger partial charge in [0.1, 0.15) is 5.69 Å². The average molecular weight is 570 g/mol. The molecule has 2 unspecified atom stereocenters. The van der Waals surface area contributed by atoms with E-state index in [0.29, 0.717) is 15.6 Å². The number of halogens is 2. The maximum Gasteiger partial charge on any atom is 0.357 e. The van der Waals surface area contributed by atoms with Crippen molar-refractivity contribution in [3.8, 4) is 0 Å². The monoisotopic (exact) mass is 569 g/mol. The number of allylic oxidation sites excluding steroid dienone is 1. The van der Waals surface area contributed by atoms with Crippen molar-refractivity contribution in [2.45, 2.75) is 25.3 Å². The quantitative estimate of drug-likeness (QED) is 0.233. The van der Waals surface area contributed by atoms with Crippen molar-refractivity contribution >= 4 is 57.8 Å². The number of benzene rings is 3. The summed E-state index contributed by atoms with van der Waals surface area (Å²) in [6, 6.07) is 25.7. The van der Waals surface area contributed by atoms with Crippen LogP contribution in [0.4, 0.5) is 0 Å². The second kappa shape index (κ2) is 11.2. The molecule has 1 aliphatic heterocycles. The lowest BCUT2D eigenvalue weighted by atomic mass is 9.77. The van der Waals surface area contributed by atoms with Gasteiger partial charge in [0.25, 0.3) is 5.91 Å². The van der Waals surface area contributed by atoms with Gasteiger partial charge in [-0.05, 0) is 78.4 Å². The van der Waals surface area contributed by atoms with E-state index in [1.807, 2.05) is 78.9 Å². The zero-order chi connectivity index (χ0) is 27.6. The molecule has 8 heteroatoms. The van der Waals surface area contributed by atoms with Crippen molar-refractivity contribution in [3.63, 3.8) is 0 Å². The number of carbonyl (C=O) groups excluding carboxylic acids is 2. The second-order valence-corrected chi connectivity index (χ2v) is 10.8. The summed E-state index contributed by atoms with van der Waals surface area (Å²) in [5.74, 6) is -1.06. The summed E-state index contributed by atoms with van der Waals surface area (Å²) in [5, 5.41) is 8.50. The van der Waals surface area contributed by atoms with Gasteiger partial charge in [0.2, 0.25) is 0 Å². The minimum absolute atomic E-state index is 0.00201. The second-order valence-electron chi connectivity index (χ2n) is 9.91. The number of aromatic nitrogens is 1. The predicted octanol–water partition coefficient (Wildman–Crippen LogP) is 7.52. The first-order valence-electron chi connectivity index (χ1n) is 13.1. The van der Waals surface area contributed by atoms with E-state index in [1.165, 1.54) is 5.01 Å². The van der Waals surface area contributed by atoms with Gasteiger partial charge in [0.05, 0.1) is 17.3 Å². The summed E-state index contributed by atoms with van der Waals surface area (Å²) in [6.07, 6.45) is 4.78. The fourth-order valence-electron chi connectivity index (χ4n) is 5.44. The molecule has 1 amide bonds. The Hall–Kier alpha value is -4.00. The van der Waals surface area contributed by atoms with Crippen LogP contribution in [0.1, 0.15) is 46.9 Å². The number of hydrogen-bond acceptors (Lipinski definition) is 5. The molecular weight excluding hydrogens is 545 g/mol. The van der Waals surface area contributed by atoms with Crippen molar-refractivity contribution in [2.75, 3.05) is 6.61 Å². The van der Waals surface area contributed by atoms with Gasteiger partial charge < -0.3 is 4.74 Å². The molecule has 1 fully saturated rings. The molecule has 0 bridgehead atoms. The van der Waals surface area contributed by atoms with E-state index in [-0.39, 0.29) is 17.7 Å². The van der Waals surface area contributed by atoms with Crippen LogP contribution in [0, 0.1) is 5.92 Å². The van der Waals surface area contributed by atoms with Crippen LogP contribution in [0.2, 0.25) is 10.0 Å². The standard InChI is InChI=1S/C32H25Cl2N3O3/c33-24-14-11-22(12-15-24)31-26-9-4-7-23(17-20-5-3-8-25(34)18-20)30(26)36-37(31)29(38)19-40-32(39)28-16-13-21-6-1-2-10-27(21)35-28/h1-3,5-6,8,10-18,26,31H,4,7,9,19H2. The molecule has 6 nitrogen and oxygen atoms in total. The number of carbonyl (C=O) groups is 2. The van der Waals surface area contributed by atoms with Crippen molar-refractivity contribution in [2.24, 2.45) is 11.0 Å². The highest BCUT2D eigenvalue weighted by Crippen LogP contribution is 2.44. The molecule has 4 aromatic rings. The molecule has 1 saturated carbocycles. The van der Waals surface area contributed by atoms with Crippen LogP contribution in [0.25, 0.3) is 17.0 Å². The molecule has 2 heterocycles. The molecule has 1 aliphatic carbocycles. The van der Waals surface area contributed by atoms with Crippen molar-refractivity contribution < 1.29 is 14.3 Å². The number of nitrogens with zero attached hydrogens (tertiary/aromatic N) is 3. The smallest absolute Gasteiger partial charge is 0.357 e. The number of pyridine rings is 1. The summed E-state index contributed by atoms with van der Waals surface area (Å²) in [7, 11) is 0. The van der Waals surface area contributed by atoms with Crippen LogP contribution in [-0.2, 0) is 9.53 Å². The molecule has 2 atom stereocenters. The van der Waals surface area contributed by atoms with Gasteiger partial charge in [0.15, 0.2) is 6.61 Å². The van der Waals surface area contributed by atoms with Gasteiger partial charge in [0, 0.05) is 21.3 Å². The van der Waals surface area contributed by atoms with Crippen LogP contribution < -0.4 is 0 Å². The molecule has 6 rings (SSSR count). The van der Waals surface area contributed by atoms with Crippen molar-refractivity contribution in [1.82, 2.24) is 9.99 Å². The SMILES string of the molecule is O=C(OCC(=O)N1N=C2C(=Cc3cccc(Cl)c3)CCCC2C1c1ccc(Cl)cc1)c1ccc2ccccc2n1. The lowest BCUT2D eigenvalue weighted by molar-refractivity contribution is -0.137. The predicted molar refractivity (Wildman–Crippen MR) is 157 cm³/mol. The van der Waals surface area contributed by atoms with E-state index in [2.05, 4.69) is 11.1 Å². The lowest BCUT2D eigenvalue weighted by Gasteiger charge is -2.29. The summed E-state index contributed by atoms with van der Waals surface area (Å²) < 4.78 is 5.43. The Bertz CT molecular complexity index is 1670. The Morgan fingerprint density at radius 1 is 0.950 bits per heavy atom. The first kappa shape index (κ1) is 26.2. The van der Waals surface area contributed by atoms with Crippen LogP contribution in [-0.4, -0.2) is 34.2 Å². The summed E-state index contributed by atoms with van der Waals surface area (Å²) in [4.78, 5) is 30.7. The Kier molecular flexibility index (Phi) is 7.37. The number of para-hydroxylation sites is 1. The first-order chi connectivity index (χ1) is 19.5. The van der Waals surface area contributed by atoms with E-state index in [0.717, 1.165) is 47.1 Å². The third kappa shape index (κ3) is 5.37. The molecule has 40 heavy (non-hydrogen) atoms. The Morgan fingerprint density at radius 3 is 2.60 bits per heavy atom. The summed E-state index contributed by atoms with van der Waals surface area (Å²) in [5.41, 5.74) is 4.68. The molecule has 200 valence electrons. The first-order valence-corrected chi connectivity index (χ1v) is 13.9. The van der Waals surface area contributed by atoms with Gasteiger partial charge in [-0.25, -0.2) is 14.8 Å². The highest BCUT2D eigenvalue weighted by Gasteiger charge is 2.43. The summed E-state index contributed by atoms with van der Waals surface area (Å²) >= 11 is 12.4. The van der Waals surface area contributed by atoms with Gasteiger partial charge >= 0.3 is 5.97 Å². The number of rotatable bonds is 5. The highest BCUT2D eigenvalue weighted by atomic mass is 35.5. The molecule has 0 spiro atoms. The fraction of sp³-hybridized carbons (Fsp3) is 0.188. The van der Waals surface area contributed by atoms with Crippen LogP contribution in [0.5, 0.6) is 0 Å². The van der Waals surface area contributed by atoms with E-state index in [4.69, 9.17) is 33.0 Å². The largest absolute Gasteiger partial charge is 0.451 e. The minimum Gasteiger partial charge on any atom is -0.451 e. The van der Waals surface area contributed by atoms with E-state index in [9.17, 15) is 9.59 Å². The van der Waals surface area contributed by atoms with E-state index >= 15 is 0 Å². The Morgan fingerprint density at radius 2 is 1.77 bits per heavy atom. The number of fused-ring (bicyclic) bond motifs is 2. The van der Waals surface area contributed by atoms with Gasteiger partial charge in [-0.2, -0.15) is 5.10 Å². The molecule has 1 aromatic heterocycles. The molecule has 0 N–H and O–H groups in total. The minimum atomic E-state index is -0.659. The number of amides is 1. The maximum atomic E-state index is 13.6. The topological polar surface area (TPSA) is 71.9 Å². The Balaban J connectivity index is 1.27. The number of hydrazone groups is 1. The zero-order valence-electron chi connectivity index (χ0n) is 21.5. The van der Waals surface area contributed by atoms with Crippen LogP contribution in [0.3, 0.4) is 0 Å². The molecule has 0 radical (unpaired) electrons. The van der Waals surface area contributed by atoms with Gasteiger partial charge in [-0.15, -0.1) is 0 Å². The molecule has 3 aromatic carbocycles. The molecule has 2 aliphatic rings. The Labute approximate surface area is 241 Å². The fourth-order valence-corrected chi connectivity index (χ4v) is 5.77. The van der Waals surface area contributed by atoms with Crippen molar-refractivity contribution in [3.05, 3.63) is 117 Å². The third-order valence-corrected chi connectivity index (χ3v) is 7.78. The van der Waals surface area contributed by atoms with Crippen LogP contribution in [0.15, 0.2) is 95.6 Å². The number of hydrogen-bond donors (Lipinski definition) is 0. The normalized spacial score (nSPS) is 19.4. The van der Waals surface area contributed by atoms with Gasteiger partial charge in [-0.1, -0.05) is 71.7 Å². The van der Waals surface area contributed by atoms with Crippen molar-refractivity contribution in [1.29, 1.82) is 0 Å². The molecule has 0 saturated heterocycles. The summed E-state index contributed by atoms with van der Waals surface area (Å²) in [6.45, 7) is -0.450. The number of ether oxygens (including phenoxy) is 1. The maximum absolute atomic E-state index is 13.6. The number of esters is 1. The lowest BCUT2D eigenvalue weighted by Crippen LogP contribution is -2.34.